The third-order valence-corrected chi connectivity index (χ3v) is 8.14. The molecule has 0 aromatic heterocycles. The highest BCUT2D eigenvalue weighted by Crippen LogP contribution is 2.42. The maximum Gasteiger partial charge on any atom is 0.155 e. The summed E-state index contributed by atoms with van der Waals surface area (Å²) < 4.78 is 37.9. The topological polar surface area (TPSA) is 59.0 Å². The van der Waals surface area contributed by atoms with Crippen molar-refractivity contribution in [2.24, 2.45) is 4.40 Å². The lowest BCUT2D eigenvalue weighted by Gasteiger charge is -2.40. The third kappa shape index (κ3) is 4.05. The first-order valence-electron chi connectivity index (χ1n) is 9.41. The molecule has 0 radical (unpaired) electrons. The highest BCUT2D eigenvalue weighted by molar-refractivity contribution is 7.85. The van der Waals surface area contributed by atoms with Gasteiger partial charge in [-0.25, -0.2) is 12.7 Å². The molecule has 2 aliphatic heterocycles. The van der Waals surface area contributed by atoms with Crippen molar-refractivity contribution >= 4 is 27.7 Å². The van der Waals surface area contributed by atoms with Gasteiger partial charge < -0.3 is 4.74 Å². The second-order valence-corrected chi connectivity index (χ2v) is 13.3. The smallest absolute Gasteiger partial charge is 0.155 e. The molecule has 150 valence electrons. The Hall–Kier alpha value is -1.05. The molecule has 0 aliphatic carbocycles. The minimum absolute atomic E-state index is 0.283. The van der Waals surface area contributed by atoms with Gasteiger partial charge in [0.15, 0.2) is 5.60 Å². The van der Waals surface area contributed by atoms with Crippen molar-refractivity contribution in [3.8, 4) is 5.75 Å². The normalized spacial score (nSPS) is 23.9. The van der Waals surface area contributed by atoms with E-state index in [2.05, 4.69) is 4.40 Å². The largest absolute Gasteiger partial charge is 0.480 e. The van der Waals surface area contributed by atoms with Gasteiger partial charge in [0.1, 0.15) is 22.4 Å². The first-order chi connectivity index (χ1) is 12.4. The molecule has 0 N–H and O–H groups in total. The fourth-order valence-corrected chi connectivity index (χ4v) is 5.34. The lowest BCUT2D eigenvalue weighted by atomic mass is 9.86. The maximum absolute atomic E-state index is 12.8. The van der Waals surface area contributed by atoms with E-state index in [1.54, 1.807) is 0 Å². The summed E-state index contributed by atoms with van der Waals surface area (Å²) in [5.41, 5.74) is 1.14. The molecular weight excluding hydrogens is 380 g/mol. The van der Waals surface area contributed by atoms with Gasteiger partial charge >= 0.3 is 0 Å². The van der Waals surface area contributed by atoms with Gasteiger partial charge in [-0.15, -0.1) is 0 Å². The molecule has 1 saturated heterocycles. The van der Waals surface area contributed by atoms with Crippen LogP contribution in [0.25, 0.3) is 0 Å². The Morgan fingerprint density at radius 1 is 1.00 bits per heavy atom. The summed E-state index contributed by atoms with van der Waals surface area (Å²) in [5.74, 6) is 0.799. The van der Waals surface area contributed by atoms with Gasteiger partial charge in [0.05, 0.1) is 20.5 Å². The Morgan fingerprint density at radius 2 is 1.59 bits per heavy atom. The second-order valence-electron chi connectivity index (χ2n) is 9.18. The fourth-order valence-electron chi connectivity index (χ4n) is 3.35. The van der Waals surface area contributed by atoms with Crippen molar-refractivity contribution in [3.05, 3.63) is 29.8 Å². The quantitative estimate of drug-likeness (QED) is 0.748. The van der Waals surface area contributed by atoms with Crippen LogP contribution in [0.1, 0.15) is 59.9 Å². The van der Waals surface area contributed by atoms with Crippen LogP contribution in [0.3, 0.4) is 0 Å². The van der Waals surface area contributed by atoms with E-state index >= 15 is 0 Å². The molecule has 2 atom stereocenters. The molecule has 1 fully saturated rings. The van der Waals surface area contributed by atoms with Crippen molar-refractivity contribution in [2.45, 2.75) is 69.5 Å². The van der Waals surface area contributed by atoms with E-state index in [1.165, 1.54) is 0 Å². The van der Waals surface area contributed by atoms with Crippen molar-refractivity contribution in [1.29, 1.82) is 0 Å². The van der Waals surface area contributed by atoms with E-state index in [0.29, 0.717) is 25.9 Å². The number of piperidine rings is 1. The van der Waals surface area contributed by atoms with Crippen LogP contribution in [0.5, 0.6) is 5.75 Å². The Kier molecular flexibility index (Phi) is 5.42. The average molecular weight is 411 g/mol. The highest BCUT2D eigenvalue weighted by atomic mass is 32.2. The van der Waals surface area contributed by atoms with E-state index in [-0.39, 0.29) is 4.75 Å². The average Bonchev–Trinajstić information content (AvgIpc) is 2.87. The predicted molar refractivity (Wildman–Crippen MR) is 113 cm³/mol. The second kappa shape index (κ2) is 7.08. The Bertz CT molecular complexity index is 798. The van der Waals surface area contributed by atoms with Crippen LogP contribution >= 0.6 is 0 Å². The lowest BCUT2D eigenvalue weighted by Crippen LogP contribution is -2.53. The van der Waals surface area contributed by atoms with Crippen LogP contribution in [-0.4, -0.2) is 46.6 Å². The number of ether oxygens (including phenoxy) is 1. The molecule has 7 heteroatoms. The molecule has 27 heavy (non-hydrogen) atoms. The van der Waals surface area contributed by atoms with Crippen molar-refractivity contribution < 1.29 is 13.2 Å². The number of rotatable bonds is 2. The third-order valence-electron chi connectivity index (χ3n) is 4.87. The molecule has 2 heterocycles. The minimum Gasteiger partial charge on any atom is -0.480 e. The predicted octanol–water partition coefficient (Wildman–Crippen LogP) is 3.63. The van der Waals surface area contributed by atoms with E-state index in [0.717, 1.165) is 17.0 Å². The van der Waals surface area contributed by atoms with E-state index < -0.39 is 32.3 Å². The zero-order chi connectivity index (χ0) is 20.0. The van der Waals surface area contributed by atoms with E-state index in [1.807, 2.05) is 70.1 Å². The minimum atomic E-state index is -1.36. The van der Waals surface area contributed by atoms with E-state index in [4.69, 9.17) is 4.74 Å². The molecular formula is C20H30N2O3S2. The zero-order valence-corrected chi connectivity index (χ0v) is 18.7. The standard InChI is InChI=1S/C20H30N2O3S2/c1-18(2,3)26(23)21-17-15-9-7-8-10-16(15)25-20(17)11-13-22(14-12-20)27(24)19(4,5)6/h7-10H,11-14H2,1-6H3/t26-,27+/m1/s1. The van der Waals surface area contributed by atoms with Gasteiger partial charge in [-0.1, -0.05) is 12.1 Å². The Balaban J connectivity index is 1.92. The lowest BCUT2D eigenvalue weighted by molar-refractivity contribution is 0.0941. The molecule has 3 rings (SSSR count). The summed E-state index contributed by atoms with van der Waals surface area (Å²) in [6.07, 6.45) is 1.37. The van der Waals surface area contributed by atoms with Gasteiger partial charge in [0.2, 0.25) is 0 Å². The number of fused-ring (bicyclic) bond motifs is 1. The van der Waals surface area contributed by atoms with Crippen molar-refractivity contribution in [3.63, 3.8) is 0 Å². The van der Waals surface area contributed by atoms with E-state index in [9.17, 15) is 8.42 Å². The van der Waals surface area contributed by atoms with Crippen LogP contribution in [-0.2, 0) is 22.0 Å². The summed E-state index contributed by atoms with van der Waals surface area (Å²) in [6, 6.07) is 7.84. The Labute approximate surface area is 167 Å². The number of para-hydroxylation sites is 1. The molecule has 0 saturated carbocycles. The van der Waals surface area contributed by atoms with Gasteiger partial charge in [-0.2, -0.15) is 4.40 Å². The summed E-state index contributed by atoms with van der Waals surface area (Å²) in [5, 5.41) is 0. The van der Waals surface area contributed by atoms with Crippen LogP contribution in [0.2, 0.25) is 0 Å². The summed E-state index contributed by atoms with van der Waals surface area (Å²) in [4.78, 5) is 0. The summed E-state index contributed by atoms with van der Waals surface area (Å²) >= 11 is 0. The van der Waals surface area contributed by atoms with Gasteiger partial charge in [0.25, 0.3) is 0 Å². The fraction of sp³-hybridized carbons (Fsp3) is 0.650. The highest BCUT2D eigenvalue weighted by Gasteiger charge is 2.49. The molecule has 1 aromatic rings. The van der Waals surface area contributed by atoms with Crippen molar-refractivity contribution in [1.82, 2.24) is 4.31 Å². The molecule has 1 aromatic carbocycles. The molecule has 0 bridgehead atoms. The molecule has 0 unspecified atom stereocenters. The number of benzene rings is 1. The molecule has 1 spiro atoms. The Morgan fingerprint density at radius 3 is 2.15 bits per heavy atom. The van der Waals surface area contributed by atoms with Crippen LogP contribution in [0.15, 0.2) is 28.7 Å². The maximum atomic E-state index is 12.8. The first-order valence-corrected chi connectivity index (χ1v) is 11.6. The van der Waals surface area contributed by atoms with Crippen LogP contribution in [0.4, 0.5) is 0 Å². The number of nitrogens with zero attached hydrogens (tertiary/aromatic N) is 2. The zero-order valence-electron chi connectivity index (χ0n) is 17.1. The van der Waals surface area contributed by atoms with Gasteiger partial charge in [-0.05, 0) is 53.7 Å². The first kappa shape index (κ1) is 20.7. The molecule has 2 aliphatic rings. The summed E-state index contributed by atoms with van der Waals surface area (Å²) in [7, 11) is -2.41. The SMILES string of the molecule is CC(C)(C)[S@](=O)N1CCC2(CC1)Oc1ccccc1C2=N[S@](=O)C(C)(C)C. The van der Waals surface area contributed by atoms with Gasteiger partial charge in [0, 0.05) is 31.5 Å². The number of hydrogen-bond acceptors (Lipinski definition) is 3. The molecule has 0 amide bonds. The number of hydrogen-bond donors (Lipinski definition) is 0. The monoisotopic (exact) mass is 410 g/mol. The molecule has 5 nitrogen and oxygen atoms in total. The van der Waals surface area contributed by atoms with Crippen LogP contribution < -0.4 is 4.74 Å². The summed E-state index contributed by atoms with van der Waals surface area (Å²) in [6.45, 7) is 13.1. The van der Waals surface area contributed by atoms with Gasteiger partial charge in [-0.3, -0.25) is 0 Å². The van der Waals surface area contributed by atoms with Crippen molar-refractivity contribution in [2.75, 3.05) is 13.1 Å². The van der Waals surface area contributed by atoms with Crippen LogP contribution in [0, 0.1) is 0 Å².